The summed E-state index contributed by atoms with van der Waals surface area (Å²) in [6.07, 6.45) is 5.02. The average Bonchev–Trinajstić information content (AvgIpc) is 2.92. The summed E-state index contributed by atoms with van der Waals surface area (Å²) in [5.74, 6) is -0.295. The highest BCUT2D eigenvalue weighted by Crippen LogP contribution is 2.20. The first-order valence-corrected chi connectivity index (χ1v) is 12.7. The first-order valence-electron chi connectivity index (χ1n) is 12.7. The van der Waals surface area contributed by atoms with E-state index in [0.717, 1.165) is 30.4 Å². The lowest BCUT2D eigenvalue weighted by Crippen LogP contribution is -2.32. The van der Waals surface area contributed by atoms with E-state index < -0.39 is 12.0 Å². The smallest absolute Gasteiger partial charge is 0.320 e. The van der Waals surface area contributed by atoms with Gasteiger partial charge in [-0.15, -0.1) is 0 Å². The van der Waals surface area contributed by atoms with E-state index in [1.54, 1.807) is 18.3 Å². The minimum absolute atomic E-state index is 0.240. The van der Waals surface area contributed by atoms with E-state index in [0.29, 0.717) is 35.1 Å². The van der Waals surface area contributed by atoms with Crippen LogP contribution in [0.4, 0.5) is 10.6 Å². The first kappa shape index (κ1) is 26.7. The van der Waals surface area contributed by atoms with Crippen LogP contribution in [0, 0.1) is 5.92 Å². The molecule has 0 aliphatic rings. The van der Waals surface area contributed by atoms with Gasteiger partial charge in [0.2, 0.25) is 0 Å². The Morgan fingerprint density at radius 1 is 0.974 bits per heavy atom. The number of hydrogen-bond donors (Lipinski definition) is 4. The number of carboxylic acid groups (broad SMARTS) is 1. The number of benzene rings is 2. The van der Waals surface area contributed by atoms with Gasteiger partial charge in [0.25, 0.3) is 0 Å². The molecule has 0 spiro atoms. The molecule has 0 bridgehead atoms. The maximum atomic E-state index is 12.4. The Morgan fingerprint density at radius 3 is 2.47 bits per heavy atom. The molecule has 2 heterocycles. The molecule has 0 saturated heterocycles. The van der Waals surface area contributed by atoms with Crippen molar-refractivity contribution < 1.29 is 14.7 Å². The number of nitrogens with one attached hydrogen (secondary N) is 2. The summed E-state index contributed by atoms with van der Waals surface area (Å²) >= 11 is 0. The molecule has 5 N–H and O–H groups in total. The number of nitrogens with two attached hydrogens (primary N) is 1. The van der Waals surface area contributed by atoms with Crippen LogP contribution in [0.15, 0.2) is 72.9 Å². The van der Waals surface area contributed by atoms with Crippen molar-refractivity contribution in [2.24, 2.45) is 11.7 Å². The number of anilines is 1. The summed E-state index contributed by atoms with van der Waals surface area (Å²) in [5.41, 5.74) is 10.2. The predicted octanol–water partition coefficient (Wildman–Crippen LogP) is 4.43. The molecule has 0 aliphatic heterocycles. The van der Waals surface area contributed by atoms with E-state index >= 15 is 0 Å². The van der Waals surface area contributed by atoms with Crippen LogP contribution in [-0.4, -0.2) is 44.6 Å². The lowest BCUT2D eigenvalue weighted by Gasteiger charge is -2.13. The molecule has 2 atom stereocenters. The average molecular weight is 513 g/mol. The second-order valence-electron chi connectivity index (χ2n) is 9.46. The van der Waals surface area contributed by atoms with Crippen molar-refractivity contribution in [2.45, 2.75) is 38.6 Å². The molecular formula is C29H32N6O3. The van der Waals surface area contributed by atoms with E-state index in [1.165, 1.54) is 5.56 Å². The van der Waals surface area contributed by atoms with Gasteiger partial charge in [0.05, 0.1) is 11.9 Å². The Bertz CT molecular complexity index is 1380. The molecule has 1 unspecified atom stereocenters. The zero-order chi connectivity index (χ0) is 26.9. The third-order valence-electron chi connectivity index (χ3n) is 6.29. The van der Waals surface area contributed by atoms with E-state index in [2.05, 4.69) is 56.8 Å². The number of fused-ring (bicyclic) bond motifs is 1. The Labute approximate surface area is 221 Å². The first-order chi connectivity index (χ1) is 18.4. The number of carbonyl (C=O) groups excluding carboxylic acids is 1. The highest BCUT2D eigenvalue weighted by Gasteiger charge is 2.13. The van der Waals surface area contributed by atoms with Crippen LogP contribution < -0.4 is 16.4 Å². The van der Waals surface area contributed by atoms with Crippen molar-refractivity contribution in [3.8, 4) is 11.3 Å². The standard InChI is InChI=1S/C29H32N6O3/c1-19(6-5-9-20-7-3-2-4-8-20)17-32-29(38)35-26-15-14-24-27(34-26)33-25(18-31-24)22-12-10-21(11-13-22)16-23(30)28(36)37/h2-4,7-8,10-15,18-19,23H,5-6,9,16-17,30H2,1H3,(H,36,37)(H2,32,33,34,35,38)/t19?,23-/m0/s1. The number of urea groups is 1. The maximum Gasteiger partial charge on any atom is 0.320 e. The molecule has 2 amide bonds. The molecule has 0 radical (unpaired) electrons. The molecule has 38 heavy (non-hydrogen) atoms. The van der Waals surface area contributed by atoms with Crippen molar-refractivity contribution in [3.63, 3.8) is 0 Å². The van der Waals surface area contributed by atoms with Crippen LogP contribution in [0.1, 0.15) is 30.9 Å². The summed E-state index contributed by atoms with van der Waals surface area (Å²) in [4.78, 5) is 36.9. The zero-order valence-corrected chi connectivity index (χ0v) is 21.3. The number of aromatic nitrogens is 3. The number of nitrogens with zero attached hydrogens (tertiary/aromatic N) is 3. The Hall–Kier alpha value is -4.37. The molecule has 9 nitrogen and oxygen atoms in total. The van der Waals surface area contributed by atoms with Gasteiger partial charge in [-0.25, -0.2) is 14.8 Å². The van der Waals surface area contributed by atoms with E-state index in [-0.39, 0.29) is 12.5 Å². The fourth-order valence-electron chi connectivity index (χ4n) is 4.09. The number of aliphatic carboxylic acids is 1. The fourth-order valence-corrected chi connectivity index (χ4v) is 4.09. The van der Waals surface area contributed by atoms with Crippen molar-refractivity contribution in [3.05, 3.63) is 84.1 Å². The molecule has 2 aromatic heterocycles. The lowest BCUT2D eigenvalue weighted by atomic mass is 10.0. The molecular weight excluding hydrogens is 480 g/mol. The molecule has 2 aromatic carbocycles. The van der Waals surface area contributed by atoms with Crippen molar-refractivity contribution in [1.82, 2.24) is 20.3 Å². The van der Waals surface area contributed by atoms with Gasteiger partial charge in [-0.2, -0.15) is 0 Å². The SMILES string of the molecule is CC(CCCc1ccccc1)CNC(=O)Nc1ccc2ncc(-c3ccc(C[C@H](N)C(=O)O)cc3)nc2n1. The highest BCUT2D eigenvalue weighted by atomic mass is 16.4. The molecule has 196 valence electrons. The second kappa shape index (κ2) is 12.7. The summed E-state index contributed by atoms with van der Waals surface area (Å²) in [5, 5.41) is 14.7. The Kier molecular flexibility index (Phi) is 8.94. The van der Waals surface area contributed by atoms with Gasteiger partial charge in [0.15, 0.2) is 5.65 Å². The van der Waals surface area contributed by atoms with Crippen LogP contribution in [0.5, 0.6) is 0 Å². The number of rotatable bonds is 11. The number of pyridine rings is 1. The van der Waals surface area contributed by atoms with Gasteiger partial charge >= 0.3 is 12.0 Å². The summed E-state index contributed by atoms with van der Waals surface area (Å²) in [6, 6.07) is 19.9. The van der Waals surface area contributed by atoms with E-state index in [4.69, 9.17) is 10.8 Å². The minimum atomic E-state index is -1.04. The predicted molar refractivity (Wildman–Crippen MR) is 148 cm³/mol. The van der Waals surface area contributed by atoms with Crippen molar-refractivity contribution in [1.29, 1.82) is 0 Å². The largest absolute Gasteiger partial charge is 0.480 e. The van der Waals surface area contributed by atoms with Crippen LogP contribution >= 0.6 is 0 Å². The van der Waals surface area contributed by atoms with Gasteiger partial charge in [-0.3, -0.25) is 15.1 Å². The number of aryl methyl sites for hydroxylation is 1. The Morgan fingerprint density at radius 2 is 1.74 bits per heavy atom. The zero-order valence-electron chi connectivity index (χ0n) is 21.3. The molecule has 0 fully saturated rings. The second-order valence-corrected chi connectivity index (χ2v) is 9.46. The van der Waals surface area contributed by atoms with Gasteiger partial charge < -0.3 is 16.2 Å². The number of hydrogen-bond acceptors (Lipinski definition) is 6. The monoisotopic (exact) mass is 512 g/mol. The van der Waals surface area contributed by atoms with Crippen molar-refractivity contribution in [2.75, 3.05) is 11.9 Å². The third kappa shape index (κ3) is 7.57. The summed E-state index contributed by atoms with van der Waals surface area (Å²) < 4.78 is 0. The van der Waals surface area contributed by atoms with Gasteiger partial charge in [0.1, 0.15) is 17.4 Å². The molecule has 9 heteroatoms. The molecule has 0 saturated carbocycles. The van der Waals surface area contributed by atoms with Crippen LogP contribution in [0.2, 0.25) is 0 Å². The topological polar surface area (TPSA) is 143 Å². The number of amides is 2. The maximum absolute atomic E-state index is 12.4. The minimum Gasteiger partial charge on any atom is -0.480 e. The summed E-state index contributed by atoms with van der Waals surface area (Å²) in [7, 11) is 0. The normalized spacial score (nSPS) is 12.6. The van der Waals surface area contributed by atoms with Crippen molar-refractivity contribution >= 4 is 29.0 Å². The lowest BCUT2D eigenvalue weighted by molar-refractivity contribution is -0.138. The van der Waals surface area contributed by atoms with Gasteiger partial charge in [0, 0.05) is 12.1 Å². The van der Waals surface area contributed by atoms with Gasteiger partial charge in [-0.05, 0) is 54.9 Å². The van der Waals surface area contributed by atoms with Crippen LogP contribution in [0.25, 0.3) is 22.4 Å². The Balaban J connectivity index is 1.31. The molecule has 4 aromatic rings. The van der Waals surface area contributed by atoms with E-state index in [1.807, 2.05) is 30.3 Å². The fraction of sp³-hybridized carbons (Fsp3) is 0.276. The molecule has 4 rings (SSSR count). The van der Waals surface area contributed by atoms with Crippen LogP contribution in [-0.2, 0) is 17.6 Å². The third-order valence-corrected chi connectivity index (χ3v) is 6.29. The van der Waals surface area contributed by atoms with Crippen LogP contribution in [0.3, 0.4) is 0 Å². The number of carboxylic acids is 1. The summed E-state index contributed by atoms with van der Waals surface area (Å²) in [6.45, 7) is 2.70. The highest BCUT2D eigenvalue weighted by molar-refractivity contribution is 5.89. The quantitative estimate of drug-likeness (QED) is 0.233. The number of carbonyl (C=O) groups is 2. The van der Waals surface area contributed by atoms with Gasteiger partial charge in [-0.1, -0.05) is 61.5 Å². The molecule has 0 aliphatic carbocycles. The van der Waals surface area contributed by atoms with E-state index in [9.17, 15) is 9.59 Å².